The second-order valence-electron chi connectivity index (χ2n) is 2.79. The highest BCUT2D eigenvalue weighted by Crippen LogP contribution is 2.20. The predicted octanol–water partition coefficient (Wildman–Crippen LogP) is 2.22. The molecule has 1 aliphatic rings. The minimum Gasteiger partial charge on any atom is -0.494 e. The van der Waals surface area contributed by atoms with Crippen molar-refractivity contribution in [2.45, 2.75) is 26.2 Å². The Morgan fingerprint density at radius 3 is 3.08 bits per heavy atom. The number of carbonyl (C=O) groups is 1. The van der Waals surface area contributed by atoms with Crippen LogP contribution in [0.5, 0.6) is 0 Å². The number of rotatable bonds is 3. The van der Waals surface area contributed by atoms with Crippen LogP contribution in [0.25, 0.3) is 0 Å². The molecule has 0 amide bonds. The van der Waals surface area contributed by atoms with Crippen molar-refractivity contribution in [3.8, 4) is 0 Å². The van der Waals surface area contributed by atoms with Gasteiger partial charge in [-0.25, -0.2) is 0 Å². The molecule has 0 unspecified atom stereocenters. The lowest BCUT2D eigenvalue weighted by molar-refractivity contribution is -0.116. The largest absolute Gasteiger partial charge is 0.494 e. The fourth-order valence-corrected chi connectivity index (χ4v) is 1.28. The Labute approximate surface area is 72.9 Å². The Balaban J connectivity index is 2.65. The van der Waals surface area contributed by atoms with E-state index in [9.17, 15) is 4.79 Å². The normalized spacial score (nSPS) is 17.1. The molecule has 0 bridgehead atoms. The zero-order valence-corrected chi connectivity index (χ0v) is 7.43. The molecule has 0 fully saturated rings. The van der Waals surface area contributed by atoms with E-state index in [1.165, 1.54) is 0 Å². The van der Waals surface area contributed by atoms with Crippen LogP contribution in [0.15, 0.2) is 24.0 Å². The summed E-state index contributed by atoms with van der Waals surface area (Å²) in [7, 11) is 0. The summed E-state index contributed by atoms with van der Waals surface area (Å²) in [5.74, 6) is 0.696. The summed E-state index contributed by atoms with van der Waals surface area (Å²) in [6.07, 6.45) is 4.48. The van der Waals surface area contributed by atoms with Gasteiger partial charge in [0.05, 0.1) is 12.2 Å². The van der Waals surface area contributed by atoms with Crippen LogP contribution in [-0.4, -0.2) is 12.4 Å². The van der Waals surface area contributed by atoms with Gasteiger partial charge in [-0.1, -0.05) is 12.7 Å². The number of hydrogen-bond donors (Lipinski definition) is 0. The van der Waals surface area contributed by atoms with Gasteiger partial charge in [0.25, 0.3) is 0 Å². The standard InChI is InChI=1S/C10H14O2/c1-3-12-8(2)9-6-4-5-7-10(9)11/h6H,2-5,7H2,1H3. The number of allylic oxidation sites excluding steroid dienone is 2. The van der Waals surface area contributed by atoms with Crippen molar-refractivity contribution in [1.29, 1.82) is 0 Å². The molecule has 0 aromatic heterocycles. The number of hydrogen-bond acceptors (Lipinski definition) is 2. The van der Waals surface area contributed by atoms with Crippen molar-refractivity contribution in [2.24, 2.45) is 0 Å². The predicted molar refractivity (Wildman–Crippen MR) is 47.7 cm³/mol. The van der Waals surface area contributed by atoms with E-state index in [0.717, 1.165) is 12.8 Å². The smallest absolute Gasteiger partial charge is 0.166 e. The minimum absolute atomic E-state index is 0.166. The summed E-state index contributed by atoms with van der Waals surface area (Å²) in [4.78, 5) is 11.3. The van der Waals surface area contributed by atoms with Crippen LogP contribution in [0.3, 0.4) is 0 Å². The average Bonchev–Trinajstić information content (AvgIpc) is 2.05. The second-order valence-corrected chi connectivity index (χ2v) is 2.79. The quantitative estimate of drug-likeness (QED) is 0.601. The number of ether oxygens (including phenoxy) is 1. The van der Waals surface area contributed by atoms with Crippen molar-refractivity contribution in [1.82, 2.24) is 0 Å². The zero-order chi connectivity index (χ0) is 8.97. The summed E-state index contributed by atoms with van der Waals surface area (Å²) < 4.78 is 5.17. The van der Waals surface area contributed by atoms with E-state index >= 15 is 0 Å². The summed E-state index contributed by atoms with van der Waals surface area (Å²) in [5.41, 5.74) is 0.683. The SMILES string of the molecule is C=C(OCC)C1=CCCCC1=O. The van der Waals surface area contributed by atoms with Gasteiger partial charge >= 0.3 is 0 Å². The van der Waals surface area contributed by atoms with Gasteiger partial charge in [-0.3, -0.25) is 4.79 Å². The Kier molecular flexibility index (Phi) is 3.09. The lowest BCUT2D eigenvalue weighted by Crippen LogP contribution is -2.10. The molecule has 0 aromatic rings. The summed E-state index contributed by atoms with van der Waals surface area (Å²) >= 11 is 0. The topological polar surface area (TPSA) is 26.3 Å². The van der Waals surface area contributed by atoms with Gasteiger partial charge < -0.3 is 4.74 Å². The maximum atomic E-state index is 11.3. The number of carbonyl (C=O) groups excluding carboxylic acids is 1. The third-order valence-corrected chi connectivity index (χ3v) is 1.88. The van der Waals surface area contributed by atoms with Gasteiger partial charge in [0, 0.05) is 6.42 Å². The van der Waals surface area contributed by atoms with E-state index in [4.69, 9.17) is 4.74 Å². The lowest BCUT2D eigenvalue weighted by Gasteiger charge is -2.13. The molecule has 2 heteroatoms. The first-order valence-corrected chi connectivity index (χ1v) is 4.31. The van der Waals surface area contributed by atoms with Crippen molar-refractivity contribution >= 4 is 5.78 Å². The lowest BCUT2D eigenvalue weighted by atomic mass is 9.97. The van der Waals surface area contributed by atoms with Crippen molar-refractivity contribution < 1.29 is 9.53 Å². The molecule has 0 N–H and O–H groups in total. The van der Waals surface area contributed by atoms with E-state index in [-0.39, 0.29) is 5.78 Å². The number of ketones is 1. The Morgan fingerprint density at radius 2 is 2.50 bits per heavy atom. The van der Waals surface area contributed by atoms with Gasteiger partial charge in [0.2, 0.25) is 0 Å². The third kappa shape index (κ3) is 1.97. The summed E-state index contributed by atoms with van der Waals surface area (Å²) in [5, 5.41) is 0. The summed E-state index contributed by atoms with van der Waals surface area (Å²) in [6, 6.07) is 0. The molecule has 2 nitrogen and oxygen atoms in total. The maximum absolute atomic E-state index is 11.3. The van der Waals surface area contributed by atoms with E-state index in [1.807, 2.05) is 13.0 Å². The molecule has 0 aromatic carbocycles. The highest BCUT2D eigenvalue weighted by atomic mass is 16.5. The van der Waals surface area contributed by atoms with E-state index < -0.39 is 0 Å². The van der Waals surface area contributed by atoms with Gasteiger partial charge in [-0.05, 0) is 19.8 Å². The van der Waals surface area contributed by atoms with E-state index in [1.54, 1.807) is 0 Å². The van der Waals surface area contributed by atoms with Crippen LogP contribution in [0, 0.1) is 0 Å². The van der Waals surface area contributed by atoms with Crippen LogP contribution in [0.2, 0.25) is 0 Å². The molecule has 1 aliphatic carbocycles. The molecule has 0 heterocycles. The fraction of sp³-hybridized carbons (Fsp3) is 0.500. The molecule has 66 valence electrons. The van der Waals surface area contributed by atoms with E-state index in [0.29, 0.717) is 24.4 Å². The van der Waals surface area contributed by atoms with Crippen molar-refractivity contribution in [3.63, 3.8) is 0 Å². The molecule has 0 spiro atoms. The van der Waals surface area contributed by atoms with Crippen molar-refractivity contribution in [3.05, 3.63) is 24.0 Å². The first kappa shape index (κ1) is 9.04. The monoisotopic (exact) mass is 166 g/mol. The Hall–Kier alpha value is -1.05. The van der Waals surface area contributed by atoms with E-state index in [2.05, 4.69) is 6.58 Å². The molecule has 0 saturated heterocycles. The Morgan fingerprint density at radius 1 is 1.75 bits per heavy atom. The zero-order valence-electron chi connectivity index (χ0n) is 7.43. The van der Waals surface area contributed by atoms with Gasteiger partial charge in [-0.15, -0.1) is 0 Å². The van der Waals surface area contributed by atoms with Crippen LogP contribution < -0.4 is 0 Å². The fourth-order valence-electron chi connectivity index (χ4n) is 1.28. The maximum Gasteiger partial charge on any atom is 0.166 e. The Bertz CT molecular complexity index is 226. The number of Topliss-reactive ketones (excluding diaryl/α,β-unsaturated/α-hetero) is 1. The first-order chi connectivity index (χ1) is 5.75. The molecular weight excluding hydrogens is 152 g/mol. The molecule has 0 radical (unpaired) electrons. The summed E-state index contributed by atoms with van der Waals surface area (Å²) in [6.45, 7) is 6.17. The van der Waals surface area contributed by atoms with Crippen LogP contribution >= 0.6 is 0 Å². The van der Waals surface area contributed by atoms with Crippen molar-refractivity contribution in [2.75, 3.05) is 6.61 Å². The van der Waals surface area contributed by atoms with Gasteiger partial charge in [0.15, 0.2) is 5.78 Å². The average molecular weight is 166 g/mol. The van der Waals surface area contributed by atoms with Crippen LogP contribution in [0.4, 0.5) is 0 Å². The minimum atomic E-state index is 0.166. The molecule has 0 aliphatic heterocycles. The highest BCUT2D eigenvalue weighted by Gasteiger charge is 2.16. The molecule has 0 atom stereocenters. The first-order valence-electron chi connectivity index (χ1n) is 4.31. The van der Waals surface area contributed by atoms with Crippen LogP contribution in [0.1, 0.15) is 26.2 Å². The molecule has 1 rings (SSSR count). The van der Waals surface area contributed by atoms with Crippen LogP contribution in [-0.2, 0) is 9.53 Å². The second kappa shape index (κ2) is 4.10. The highest BCUT2D eigenvalue weighted by molar-refractivity contribution is 5.99. The van der Waals surface area contributed by atoms with Gasteiger partial charge in [0.1, 0.15) is 5.76 Å². The molecule has 12 heavy (non-hydrogen) atoms. The third-order valence-electron chi connectivity index (χ3n) is 1.88. The molecule has 0 saturated carbocycles. The van der Waals surface area contributed by atoms with Gasteiger partial charge in [-0.2, -0.15) is 0 Å². The molecular formula is C10H14O2.